The molecule has 0 atom stereocenters. The van der Waals surface area contributed by atoms with E-state index in [1.54, 1.807) is 18.1 Å². The van der Waals surface area contributed by atoms with E-state index in [0.29, 0.717) is 6.61 Å². The Kier molecular flexibility index (Phi) is 3.88. The van der Waals surface area contributed by atoms with Crippen LogP contribution < -0.4 is 0 Å². The molecule has 2 rings (SSSR count). The number of ether oxygens (including phenoxy) is 1. The molecule has 0 fully saturated rings. The van der Waals surface area contributed by atoms with Gasteiger partial charge in [0, 0.05) is 13.2 Å². The van der Waals surface area contributed by atoms with E-state index in [-0.39, 0.29) is 16.6 Å². The van der Waals surface area contributed by atoms with Gasteiger partial charge in [0.05, 0.1) is 6.20 Å². The van der Waals surface area contributed by atoms with Gasteiger partial charge < -0.3 is 9.64 Å². The fraction of sp³-hybridized carbons (Fsp3) is 0.143. The van der Waals surface area contributed by atoms with Crippen LogP contribution in [0.1, 0.15) is 5.56 Å². The predicted octanol–water partition coefficient (Wildman–Crippen LogP) is 2.79. The van der Waals surface area contributed by atoms with Gasteiger partial charge in [0.25, 0.3) is 0 Å². The predicted molar refractivity (Wildman–Crippen MR) is 69.5 cm³/mol. The van der Waals surface area contributed by atoms with Crippen LogP contribution in [0.15, 0.2) is 59.3 Å². The summed E-state index contributed by atoms with van der Waals surface area (Å²) in [6.07, 6.45) is 3.13. The third-order valence-electron chi connectivity index (χ3n) is 2.37. The molecule has 18 heavy (non-hydrogen) atoms. The summed E-state index contributed by atoms with van der Waals surface area (Å²) >= 11 is 5.85. The summed E-state index contributed by atoms with van der Waals surface area (Å²) in [6.45, 7) is 0.316. The van der Waals surface area contributed by atoms with Gasteiger partial charge in [0.1, 0.15) is 11.6 Å². The first kappa shape index (κ1) is 12.5. The Labute approximate surface area is 111 Å². The Bertz CT molecular complexity index is 542. The van der Waals surface area contributed by atoms with Crippen LogP contribution in [0.25, 0.3) is 0 Å². The molecule has 0 radical (unpaired) electrons. The number of rotatable bonds is 3. The molecule has 92 valence electrons. The molecular weight excluding hydrogens is 250 g/mol. The van der Waals surface area contributed by atoms with Gasteiger partial charge in [-0.2, -0.15) is 0 Å². The average Bonchev–Trinajstić information content (AvgIpc) is 2.50. The molecule has 0 aromatic heterocycles. The van der Waals surface area contributed by atoms with Gasteiger partial charge in [-0.15, -0.1) is 0 Å². The number of ketones is 1. The maximum absolute atomic E-state index is 11.8. The number of carbonyl (C=O) groups excluding carboxylic acids is 1. The summed E-state index contributed by atoms with van der Waals surface area (Å²) in [7, 11) is 1.77. The van der Waals surface area contributed by atoms with Crippen LogP contribution >= 0.6 is 11.6 Å². The molecule has 0 bridgehead atoms. The molecule has 0 N–H and O–H groups in total. The van der Waals surface area contributed by atoms with Gasteiger partial charge in [-0.25, -0.2) is 0 Å². The van der Waals surface area contributed by atoms with Crippen molar-refractivity contribution in [3.05, 3.63) is 64.8 Å². The Balaban J connectivity index is 2.12. The molecule has 0 spiro atoms. The Morgan fingerprint density at radius 2 is 2.06 bits per heavy atom. The van der Waals surface area contributed by atoms with Gasteiger partial charge >= 0.3 is 0 Å². The highest BCUT2D eigenvalue weighted by Crippen LogP contribution is 2.16. The smallest absolute Gasteiger partial charge is 0.248 e. The molecule has 1 aliphatic rings. The monoisotopic (exact) mass is 261 g/mol. The highest BCUT2D eigenvalue weighted by atomic mass is 35.5. The van der Waals surface area contributed by atoms with E-state index < -0.39 is 0 Å². The Morgan fingerprint density at radius 3 is 2.78 bits per heavy atom. The zero-order valence-electron chi connectivity index (χ0n) is 9.89. The van der Waals surface area contributed by atoms with Crippen molar-refractivity contribution >= 4 is 17.4 Å². The van der Waals surface area contributed by atoms with Gasteiger partial charge in [-0.3, -0.25) is 4.79 Å². The molecule has 0 amide bonds. The van der Waals surface area contributed by atoms with E-state index in [9.17, 15) is 4.79 Å². The standard InChI is InChI=1S/C14H12ClNO2/c1-16-8-7-13(14(17)12(15)9-16)18-10-11-5-3-2-4-6-11/h2-6,8-9H,10H2,1H3. The summed E-state index contributed by atoms with van der Waals surface area (Å²) in [5.41, 5.74) is 3.77. The van der Waals surface area contributed by atoms with Crippen LogP contribution in [0.4, 0.5) is 0 Å². The lowest BCUT2D eigenvalue weighted by molar-refractivity contribution is -0.115. The molecule has 0 saturated carbocycles. The molecule has 0 aliphatic carbocycles. The van der Waals surface area contributed by atoms with Crippen molar-refractivity contribution in [3.8, 4) is 0 Å². The van der Waals surface area contributed by atoms with Crippen LogP contribution in [0, 0.1) is 0 Å². The van der Waals surface area contributed by atoms with Crippen LogP contribution in [0.5, 0.6) is 0 Å². The SMILES string of the molecule is CN1C=C=C(OCc2ccccc2)C(=O)C(Cl)=C1. The largest absolute Gasteiger partial charge is 0.478 e. The van der Waals surface area contributed by atoms with E-state index in [4.69, 9.17) is 16.3 Å². The van der Waals surface area contributed by atoms with Crippen LogP contribution in [-0.2, 0) is 16.1 Å². The summed E-state index contributed by atoms with van der Waals surface area (Å²) < 4.78 is 5.45. The molecular formula is C14H12ClNO2. The lowest BCUT2D eigenvalue weighted by Gasteiger charge is -2.06. The number of carbonyl (C=O) groups is 1. The van der Waals surface area contributed by atoms with Gasteiger partial charge in [-0.05, 0) is 5.56 Å². The first-order valence-electron chi connectivity index (χ1n) is 5.44. The van der Waals surface area contributed by atoms with E-state index in [2.05, 4.69) is 5.73 Å². The molecule has 0 unspecified atom stereocenters. The third-order valence-corrected chi connectivity index (χ3v) is 2.63. The average molecular weight is 262 g/mol. The number of allylic oxidation sites excluding steroid dienone is 1. The number of halogens is 1. The maximum atomic E-state index is 11.8. The van der Waals surface area contributed by atoms with E-state index in [1.165, 1.54) is 6.20 Å². The van der Waals surface area contributed by atoms with Crippen molar-refractivity contribution < 1.29 is 9.53 Å². The highest BCUT2D eigenvalue weighted by molar-refractivity contribution is 6.44. The summed E-state index contributed by atoms with van der Waals surface area (Å²) in [6, 6.07) is 9.61. The highest BCUT2D eigenvalue weighted by Gasteiger charge is 2.17. The van der Waals surface area contributed by atoms with Crippen LogP contribution in [-0.4, -0.2) is 17.7 Å². The van der Waals surface area contributed by atoms with Gasteiger partial charge in [0.2, 0.25) is 11.5 Å². The van der Waals surface area contributed by atoms with E-state index >= 15 is 0 Å². The normalized spacial score (nSPS) is 15.0. The second-order valence-corrected chi connectivity index (χ2v) is 4.26. The molecule has 4 heteroatoms. The van der Waals surface area contributed by atoms with E-state index in [1.807, 2.05) is 30.3 Å². The van der Waals surface area contributed by atoms with Crippen molar-refractivity contribution in [1.29, 1.82) is 0 Å². The van der Waals surface area contributed by atoms with Crippen molar-refractivity contribution in [2.24, 2.45) is 0 Å². The Morgan fingerprint density at radius 1 is 1.33 bits per heavy atom. The third kappa shape index (κ3) is 3.04. The second kappa shape index (κ2) is 5.58. The fourth-order valence-corrected chi connectivity index (χ4v) is 1.69. The van der Waals surface area contributed by atoms with Crippen molar-refractivity contribution in [2.45, 2.75) is 6.61 Å². The first-order chi connectivity index (χ1) is 8.66. The van der Waals surface area contributed by atoms with Gasteiger partial charge in [-0.1, -0.05) is 47.7 Å². The molecule has 1 heterocycles. The number of hydrogen-bond donors (Lipinski definition) is 0. The van der Waals surface area contributed by atoms with Crippen molar-refractivity contribution in [1.82, 2.24) is 4.90 Å². The van der Waals surface area contributed by atoms with Gasteiger partial charge in [0.15, 0.2) is 0 Å². The lowest BCUT2D eigenvalue weighted by atomic mass is 10.2. The van der Waals surface area contributed by atoms with Crippen molar-refractivity contribution in [3.63, 3.8) is 0 Å². The summed E-state index contributed by atoms with van der Waals surface area (Å²) in [4.78, 5) is 13.5. The minimum absolute atomic E-state index is 0.113. The maximum Gasteiger partial charge on any atom is 0.248 e. The Hall–Kier alpha value is -1.96. The van der Waals surface area contributed by atoms with Crippen LogP contribution in [0.3, 0.4) is 0 Å². The molecule has 0 saturated heterocycles. The lowest BCUT2D eigenvalue weighted by Crippen LogP contribution is -2.06. The minimum atomic E-state index is -0.354. The zero-order chi connectivity index (χ0) is 13.0. The molecule has 1 aromatic rings. The van der Waals surface area contributed by atoms with E-state index in [0.717, 1.165) is 5.56 Å². The molecule has 1 aliphatic heterocycles. The molecule has 1 aromatic carbocycles. The number of nitrogens with zero attached hydrogens (tertiary/aromatic N) is 1. The number of Topliss-reactive ketones (excluding diaryl/α,β-unsaturated/α-hetero) is 1. The topological polar surface area (TPSA) is 29.5 Å². The second-order valence-electron chi connectivity index (χ2n) is 3.85. The molecule has 3 nitrogen and oxygen atoms in total. The van der Waals surface area contributed by atoms with Crippen molar-refractivity contribution in [2.75, 3.05) is 7.05 Å². The minimum Gasteiger partial charge on any atom is -0.478 e. The first-order valence-corrected chi connectivity index (χ1v) is 5.82. The number of benzene rings is 1. The fourth-order valence-electron chi connectivity index (χ4n) is 1.45. The summed E-state index contributed by atoms with van der Waals surface area (Å²) in [5, 5.41) is 0.113. The summed E-state index contributed by atoms with van der Waals surface area (Å²) in [5.74, 6) is -0.224. The quantitative estimate of drug-likeness (QED) is 0.784. The van der Waals surface area contributed by atoms with Crippen LogP contribution in [0.2, 0.25) is 0 Å². The number of hydrogen-bond acceptors (Lipinski definition) is 3. The zero-order valence-corrected chi connectivity index (χ0v) is 10.6.